The van der Waals surface area contributed by atoms with Crippen molar-refractivity contribution < 1.29 is 13.6 Å². The van der Waals surface area contributed by atoms with Crippen molar-refractivity contribution in [3.05, 3.63) is 95.0 Å². The minimum Gasteiger partial charge on any atom is -0.354 e. The lowest BCUT2D eigenvalue weighted by Crippen LogP contribution is -2.18. The van der Waals surface area contributed by atoms with Crippen LogP contribution in [0.2, 0.25) is 0 Å². The van der Waals surface area contributed by atoms with Gasteiger partial charge in [-0.15, -0.1) is 0 Å². The molecule has 0 aliphatic heterocycles. The van der Waals surface area contributed by atoms with Gasteiger partial charge in [-0.05, 0) is 33.5 Å². The fourth-order valence-electron chi connectivity index (χ4n) is 3.55. The minimum absolute atomic E-state index is 0.359. The van der Waals surface area contributed by atoms with Crippen LogP contribution in [0.3, 0.4) is 0 Å². The maximum absolute atomic E-state index is 13.3. The van der Waals surface area contributed by atoms with Crippen LogP contribution in [0.15, 0.2) is 83.8 Å². The summed E-state index contributed by atoms with van der Waals surface area (Å²) in [4.78, 5) is 17.8. The average Bonchev–Trinajstić information content (AvgIpc) is 2.82. The third-order valence-electron chi connectivity index (χ3n) is 5.12. The summed E-state index contributed by atoms with van der Waals surface area (Å²) in [5, 5.41) is 5.37. The Morgan fingerprint density at radius 2 is 1.65 bits per heavy atom. The number of hydrogen-bond acceptors (Lipinski definition) is 6. The van der Waals surface area contributed by atoms with Gasteiger partial charge in [0.2, 0.25) is 0 Å². The van der Waals surface area contributed by atoms with Crippen molar-refractivity contribution in [3.63, 3.8) is 0 Å². The van der Waals surface area contributed by atoms with Crippen LogP contribution in [0.5, 0.6) is 0 Å². The van der Waals surface area contributed by atoms with Gasteiger partial charge in [-0.3, -0.25) is 9.55 Å². The number of anilines is 1. The van der Waals surface area contributed by atoms with Crippen molar-refractivity contribution in [2.75, 3.05) is 19.5 Å². The summed E-state index contributed by atoms with van der Waals surface area (Å²) < 4.78 is 23.7. The minimum atomic E-state index is -3.57. The van der Waals surface area contributed by atoms with Crippen LogP contribution >= 0.6 is 7.60 Å². The predicted octanol–water partition coefficient (Wildman–Crippen LogP) is 5.19. The predicted molar refractivity (Wildman–Crippen MR) is 122 cm³/mol. The summed E-state index contributed by atoms with van der Waals surface area (Å²) in [7, 11) is -0.909. The molecule has 0 bridgehead atoms. The number of aromatic nitrogens is 2. The normalized spacial score (nSPS) is 12.6. The number of hydrogen-bond donors (Lipinski definition) is 2. The molecule has 0 amide bonds. The average molecular weight is 435 g/mol. The van der Waals surface area contributed by atoms with Crippen LogP contribution in [0.25, 0.3) is 21.9 Å². The molecule has 0 spiro atoms. The highest BCUT2D eigenvalue weighted by molar-refractivity contribution is 7.54. The Kier molecular flexibility index (Phi) is 6.00. The molecule has 3 aromatic carbocycles. The van der Waals surface area contributed by atoms with Crippen molar-refractivity contribution in [2.24, 2.45) is 0 Å². The molecule has 1 unspecified atom stereocenters. The second kappa shape index (κ2) is 8.86. The van der Waals surface area contributed by atoms with Crippen molar-refractivity contribution in [1.82, 2.24) is 9.97 Å². The molecule has 0 saturated heterocycles. The van der Waals surface area contributed by atoms with Gasteiger partial charge in [0.25, 0.3) is 0 Å². The highest BCUT2D eigenvalue weighted by Crippen LogP contribution is 2.59. The van der Waals surface area contributed by atoms with Gasteiger partial charge in [0.15, 0.2) is 5.78 Å². The zero-order chi connectivity index (χ0) is 21.8. The third kappa shape index (κ3) is 4.30. The molecule has 0 radical (unpaired) electrons. The Labute approximate surface area is 179 Å². The van der Waals surface area contributed by atoms with Crippen molar-refractivity contribution in [2.45, 2.75) is 5.78 Å². The first kappa shape index (κ1) is 21.0. The largest absolute Gasteiger partial charge is 0.356 e. The van der Waals surface area contributed by atoms with E-state index in [4.69, 9.17) is 9.05 Å². The highest BCUT2D eigenvalue weighted by atomic mass is 31.2. The fourth-order valence-corrected chi connectivity index (χ4v) is 4.96. The van der Waals surface area contributed by atoms with Crippen LogP contribution in [0.1, 0.15) is 11.3 Å². The van der Waals surface area contributed by atoms with E-state index in [1.807, 2.05) is 42.5 Å². The zero-order valence-electron chi connectivity index (χ0n) is 17.1. The van der Waals surface area contributed by atoms with E-state index in [0.29, 0.717) is 11.4 Å². The Morgan fingerprint density at radius 3 is 2.35 bits per heavy atom. The number of fused-ring (bicyclic) bond motifs is 1. The van der Waals surface area contributed by atoms with E-state index in [1.165, 1.54) is 20.4 Å². The Morgan fingerprint density at radius 1 is 0.935 bits per heavy atom. The molecule has 4 aromatic rings. The summed E-state index contributed by atoms with van der Waals surface area (Å²) in [5.41, 5.74) is 2.31. The van der Waals surface area contributed by atoms with E-state index in [-0.39, 0.29) is 0 Å². The number of rotatable bonds is 7. The highest BCUT2D eigenvalue weighted by Gasteiger charge is 2.35. The second-order valence-corrected chi connectivity index (χ2v) is 9.22. The first-order valence-electron chi connectivity index (χ1n) is 9.65. The Hall–Kier alpha value is -3.25. The standard InChI is InChI=1S/C23H22N3O4P/c1-29-31(28,30-2)22(25-21-14-15-24-23(27)26-21)18-12-10-17(11-13-18)20-9-5-7-16-6-3-4-8-19(16)20/h3-15,22H,1-2H3,(H2,24,25,26,27). The van der Waals surface area contributed by atoms with Gasteiger partial charge in [0, 0.05) is 20.4 Å². The van der Waals surface area contributed by atoms with Gasteiger partial charge in [-0.25, -0.2) is 9.78 Å². The molecular formula is C23H22N3O4P. The molecule has 0 aliphatic carbocycles. The summed E-state index contributed by atoms with van der Waals surface area (Å²) in [5.74, 6) is -0.473. The van der Waals surface area contributed by atoms with E-state index in [9.17, 15) is 9.36 Å². The molecule has 1 aromatic heterocycles. The third-order valence-corrected chi connectivity index (χ3v) is 7.20. The monoisotopic (exact) mass is 435 g/mol. The molecule has 8 heteroatoms. The lowest BCUT2D eigenvalue weighted by atomic mass is 9.97. The van der Waals surface area contributed by atoms with Crippen LogP contribution in [-0.4, -0.2) is 24.2 Å². The molecule has 7 nitrogen and oxygen atoms in total. The number of aromatic amines is 1. The number of H-pyrrole nitrogens is 1. The van der Waals surface area contributed by atoms with E-state index >= 15 is 0 Å². The van der Waals surface area contributed by atoms with Gasteiger partial charge in [-0.1, -0.05) is 66.7 Å². The van der Waals surface area contributed by atoms with Crippen molar-refractivity contribution in [1.29, 1.82) is 0 Å². The summed E-state index contributed by atoms with van der Waals surface area (Å²) >= 11 is 0. The lowest BCUT2D eigenvalue weighted by Gasteiger charge is -2.26. The molecule has 31 heavy (non-hydrogen) atoms. The van der Waals surface area contributed by atoms with Gasteiger partial charge >= 0.3 is 13.3 Å². The van der Waals surface area contributed by atoms with Crippen molar-refractivity contribution >= 4 is 24.2 Å². The molecule has 2 N–H and O–H groups in total. The first-order chi connectivity index (χ1) is 15.0. The van der Waals surface area contributed by atoms with Gasteiger partial charge in [-0.2, -0.15) is 0 Å². The molecule has 4 rings (SSSR count). The zero-order valence-corrected chi connectivity index (χ0v) is 18.0. The van der Waals surface area contributed by atoms with Gasteiger partial charge in [0.05, 0.1) is 0 Å². The number of benzene rings is 3. The Balaban J connectivity index is 1.74. The Bertz CT molecular complexity index is 1290. The van der Waals surface area contributed by atoms with Crippen LogP contribution in [-0.2, 0) is 13.6 Å². The molecule has 0 aliphatic rings. The second-order valence-electron chi connectivity index (χ2n) is 6.89. The molecule has 0 fully saturated rings. The fraction of sp³-hybridized carbons (Fsp3) is 0.130. The quantitative estimate of drug-likeness (QED) is 0.388. The SMILES string of the molecule is COP(=O)(OC)C(Nc1ccnc(=O)[nH]1)c1ccc(-c2cccc3ccccc23)cc1. The molecule has 0 saturated carbocycles. The van der Waals surface area contributed by atoms with Crippen LogP contribution in [0.4, 0.5) is 5.82 Å². The van der Waals surface area contributed by atoms with Crippen LogP contribution in [0, 0.1) is 0 Å². The van der Waals surface area contributed by atoms with E-state index in [2.05, 4.69) is 39.6 Å². The molecule has 1 atom stereocenters. The van der Waals surface area contributed by atoms with E-state index in [1.54, 1.807) is 6.07 Å². The smallest absolute Gasteiger partial charge is 0.354 e. The first-order valence-corrected chi connectivity index (χ1v) is 11.3. The maximum Gasteiger partial charge on any atom is 0.356 e. The van der Waals surface area contributed by atoms with Gasteiger partial charge < -0.3 is 14.4 Å². The lowest BCUT2D eigenvalue weighted by molar-refractivity contribution is 0.268. The van der Waals surface area contributed by atoms with Crippen LogP contribution < -0.4 is 11.0 Å². The maximum atomic E-state index is 13.3. The van der Waals surface area contributed by atoms with Gasteiger partial charge in [0.1, 0.15) is 5.82 Å². The molecule has 158 valence electrons. The topological polar surface area (TPSA) is 93.3 Å². The molecule has 1 heterocycles. The van der Waals surface area contributed by atoms with E-state index in [0.717, 1.165) is 21.9 Å². The number of nitrogens with one attached hydrogen (secondary N) is 2. The summed E-state index contributed by atoms with van der Waals surface area (Å²) in [6.07, 6.45) is 1.37. The van der Waals surface area contributed by atoms with Crippen molar-refractivity contribution in [3.8, 4) is 11.1 Å². The summed E-state index contributed by atoms with van der Waals surface area (Å²) in [6.45, 7) is 0. The summed E-state index contributed by atoms with van der Waals surface area (Å²) in [6, 6.07) is 23.6. The van der Waals surface area contributed by atoms with E-state index < -0.39 is 19.1 Å². The number of nitrogens with zero attached hydrogens (tertiary/aromatic N) is 1. The molecular weight excluding hydrogens is 413 g/mol.